The fourth-order valence-electron chi connectivity index (χ4n) is 3.35. The monoisotopic (exact) mass is 338 g/mol. The van der Waals surface area contributed by atoms with E-state index >= 15 is 0 Å². The van der Waals surface area contributed by atoms with Crippen molar-refractivity contribution < 1.29 is 17.2 Å². The highest BCUT2D eigenvalue weighted by molar-refractivity contribution is 7.81. The quantitative estimate of drug-likeness (QED) is 0.329. The van der Waals surface area contributed by atoms with Gasteiger partial charge in [-0.05, 0) is 40.1 Å². The van der Waals surface area contributed by atoms with Crippen LogP contribution in [0.1, 0.15) is 5.56 Å². The van der Waals surface area contributed by atoms with Crippen molar-refractivity contribution in [2.45, 2.75) is 6.92 Å². The zero-order valence-corrected chi connectivity index (χ0v) is 13.7. The second-order valence-corrected chi connectivity index (χ2v) is 6.74. The SMILES string of the molecule is Cc1c2ccccc2c(OS(=O)(=O)O)c2ccc3ccccc3c12. The van der Waals surface area contributed by atoms with Gasteiger partial charge in [0, 0.05) is 10.8 Å². The fourth-order valence-corrected chi connectivity index (χ4v) is 3.74. The van der Waals surface area contributed by atoms with Crippen LogP contribution in [0.25, 0.3) is 32.3 Å². The van der Waals surface area contributed by atoms with E-state index in [1.54, 1.807) is 6.07 Å². The van der Waals surface area contributed by atoms with Gasteiger partial charge in [-0.3, -0.25) is 4.55 Å². The Morgan fingerprint density at radius 3 is 2.12 bits per heavy atom. The second-order valence-electron chi connectivity index (χ2n) is 5.72. The Balaban J connectivity index is 2.29. The maximum Gasteiger partial charge on any atom is 0.446 e. The van der Waals surface area contributed by atoms with E-state index in [0.717, 1.165) is 27.1 Å². The molecule has 0 radical (unpaired) electrons. The summed E-state index contributed by atoms with van der Waals surface area (Å²) < 4.78 is 36.9. The minimum absolute atomic E-state index is 0.152. The van der Waals surface area contributed by atoms with Crippen LogP contribution in [0.3, 0.4) is 0 Å². The molecule has 5 heteroatoms. The summed E-state index contributed by atoms with van der Waals surface area (Å²) in [6.07, 6.45) is 0. The summed E-state index contributed by atoms with van der Waals surface area (Å²) in [6, 6.07) is 19.1. The maximum atomic E-state index is 11.4. The van der Waals surface area contributed by atoms with Crippen LogP contribution in [0.2, 0.25) is 0 Å². The first-order valence-corrected chi connectivity index (χ1v) is 8.82. The van der Waals surface area contributed by atoms with Crippen molar-refractivity contribution in [3.63, 3.8) is 0 Å². The highest BCUT2D eigenvalue weighted by atomic mass is 32.3. The minimum atomic E-state index is -4.63. The van der Waals surface area contributed by atoms with E-state index in [1.165, 1.54) is 0 Å². The smallest absolute Gasteiger partial charge is 0.360 e. The molecule has 0 bridgehead atoms. The van der Waals surface area contributed by atoms with Gasteiger partial charge in [-0.2, -0.15) is 8.42 Å². The molecule has 0 atom stereocenters. The normalized spacial score (nSPS) is 12.1. The average molecular weight is 338 g/mol. The van der Waals surface area contributed by atoms with Crippen molar-refractivity contribution in [1.82, 2.24) is 0 Å². The van der Waals surface area contributed by atoms with E-state index in [2.05, 4.69) is 0 Å². The molecule has 0 unspecified atom stereocenters. The van der Waals surface area contributed by atoms with E-state index in [-0.39, 0.29) is 5.75 Å². The molecule has 1 N–H and O–H groups in total. The maximum absolute atomic E-state index is 11.4. The average Bonchev–Trinajstić information content (AvgIpc) is 2.57. The van der Waals surface area contributed by atoms with E-state index in [4.69, 9.17) is 4.18 Å². The lowest BCUT2D eigenvalue weighted by Crippen LogP contribution is -2.07. The Morgan fingerprint density at radius 2 is 1.42 bits per heavy atom. The molecule has 0 spiro atoms. The van der Waals surface area contributed by atoms with Gasteiger partial charge in [0.15, 0.2) is 5.75 Å². The zero-order chi connectivity index (χ0) is 16.9. The number of hydrogen-bond donors (Lipinski definition) is 1. The lowest BCUT2D eigenvalue weighted by Gasteiger charge is -2.15. The number of benzene rings is 4. The molecule has 0 aliphatic rings. The standard InChI is InChI=1S/C19H14O4S/c1-12-14-7-4-5-9-16(14)19(23-24(20,21)22)17-11-10-13-6-2-3-8-15(13)18(12)17/h2-11H,1H3,(H,20,21,22). The molecule has 120 valence electrons. The van der Waals surface area contributed by atoms with E-state index in [9.17, 15) is 13.0 Å². The van der Waals surface area contributed by atoms with Gasteiger partial charge < -0.3 is 4.18 Å². The lowest BCUT2D eigenvalue weighted by molar-refractivity contribution is 0.390. The molecular formula is C19H14O4S. The van der Waals surface area contributed by atoms with Crippen LogP contribution in [0, 0.1) is 6.92 Å². The molecule has 0 saturated carbocycles. The third-order valence-electron chi connectivity index (χ3n) is 4.31. The molecular weight excluding hydrogens is 324 g/mol. The van der Waals surface area contributed by atoms with Crippen molar-refractivity contribution >= 4 is 42.7 Å². The Morgan fingerprint density at radius 1 is 0.792 bits per heavy atom. The van der Waals surface area contributed by atoms with Crippen LogP contribution in [-0.4, -0.2) is 13.0 Å². The first-order chi connectivity index (χ1) is 11.5. The van der Waals surface area contributed by atoms with Crippen molar-refractivity contribution in [2.75, 3.05) is 0 Å². The summed E-state index contributed by atoms with van der Waals surface area (Å²) in [5, 5.41) is 5.18. The van der Waals surface area contributed by atoms with Crippen LogP contribution < -0.4 is 4.18 Å². The van der Waals surface area contributed by atoms with Gasteiger partial charge in [-0.25, -0.2) is 0 Å². The highest BCUT2D eigenvalue weighted by Gasteiger charge is 2.18. The van der Waals surface area contributed by atoms with Crippen LogP contribution in [0.4, 0.5) is 0 Å². The molecule has 0 aliphatic heterocycles. The molecule has 0 fully saturated rings. The first kappa shape index (κ1) is 14.9. The van der Waals surface area contributed by atoms with E-state index < -0.39 is 10.4 Å². The van der Waals surface area contributed by atoms with E-state index in [1.807, 2.05) is 61.5 Å². The number of hydrogen-bond acceptors (Lipinski definition) is 3. The van der Waals surface area contributed by atoms with Gasteiger partial charge in [-0.1, -0.05) is 54.6 Å². The third-order valence-corrected chi connectivity index (χ3v) is 4.69. The molecule has 0 aromatic heterocycles. The molecule has 0 aliphatic carbocycles. The number of fused-ring (bicyclic) bond motifs is 4. The van der Waals surface area contributed by atoms with Gasteiger partial charge in [0.1, 0.15) is 0 Å². The topological polar surface area (TPSA) is 63.6 Å². The van der Waals surface area contributed by atoms with Crippen molar-refractivity contribution in [3.05, 3.63) is 66.2 Å². The highest BCUT2D eigenvalue weighted by Crippen LogP contribution is 2.41. The zero-order valence-electron chi connectivity index (χ0n) is 12.9. The Hall–Kier alpha value is -2.63. The van der Waals surface area contributed by atoms with Crippen molar-refractivity contribution in [3.8, 4) is 5.75 Å². The molecule has 4 aromatic rings. The largest absolute Gasteiger partial charge is 0.446 e. The van der Waals surface area contributed by atoms with Gasteiger partial charge in [0.05, 0.1) is 0 Å². The summed E-state index contributed by atoms with van der Waals surface area (Å²) >= 11 is 0. The predicted octanol–water partition coefficient (Wildman–Crippen LogP) is 4.64. The van der Waals surface area contributed by atoms with Crippen molar-refractivity contribution in [1.29, 1.82) is 0 Å². The van der Waals surface area contributed by atoms with Crippen LogP contribution >= 0.6 is 0 Å². The van der Waals surface area contributed by atoms with Crippen LogP contribution in [-0.2, 0) is 10.4 Å². The van der Waals surface area contributed by atoms with Gasteiger partial charge in [0.25, 0.3) is 0 Å². The summed E-state index contributed by atoms with van der Waals surface area (Å²) in [5.41, 5.74) is 1.04. The summed E-state index contributed by atoms with van der Waals surface area (Å²) in [7, 11) is -4.63. The molecule has 0 amide bonds. The van der Waals surface area contributed by atoms with Crippen molar-refractivity contribution in [2.24, 2.45) is 0 Å². The first-order valence-electron chi connectivity index (χ1n) is 7.45. The lowest BCUT2D eigenvalue weighted by atomic mass is 9.93. The van der Waals surface area contributed by atoms with Crippen LogP contribution in [0.5, 0.6) is 5.75 Å². The minimum Gasteiger partial charge on any atom is -0.360 e. The van der Waals surface area contributed by atoms with Crippen LogP contribution in [0.15, 0.2) is 60.7 Å². The number of aryl methyl sites for hydroxylation is 1. The van der Waals surface area contributed by atoms with Gasteiger partial charge in [0.2, 0.25) is 0 Å². The number of rotatable bonds is 2. The molecule has 0 heterocycles. The molecule has 4 nitrogen and oxygen atoms in total. The predicted molar refractivity (Wildman–Crippen MR) is 95.9 cm³/mol. The van der Waals surface area contributed by atoms with Gasteiger partial charge >= 0.3 is 10.4 Å². The second kappa shape index (κ2) is 5.19. The summed E-state index contributed by atoms with van der Waals surface area (Å²) in [5.74, 6) is 0.152. The fraction of sp³-hybridized carbons (Fsp3) is 0.0526. The molecule has 0 saturated heterocycles. The molecule has 24 heavy (non-hydrogen) atoms. The Labute approximate surface area is 139 Å². The summed E-state index contributed by atoms with van der Waals surface area (Å²) in [6.45, 7) is 2.01. The molecule has 4 aromatic carbocycles. The third kappa shape index (κ3) is 2.29. The van der Waals surface area contributed by atoms with E-state index in [0.29, 0.717) is 10.8 Å². The molecule has 4 rings (SSSR count). The van der Waals surface area contributed by atoms with Gasteiger partial charge in [-0.15, -0.1) is 0 Å². The Kier molecular flexibility index (Phi) is 3.23. The summed E-state index contributed by atoms with van der Waals surface area (Å²) in [4.78, 5) is 0. The Bertz CT molecular complexity index is 1210.